The molecule has 6 heteroatoms. The van der Waals surface area contributed by atoms with Gasteiger partial charge in [0.25, 0.3) is 0 Å². The van der Waals surface area contributed by atoms with Gasteiger partial charge < -0.3 is 20.3 Å². The average molecular weight is 252 g/mol. The van der Waals surface area contributed by atoms with Crippen LogP contribution in [0.4, 0.5) is 0 Å². The Morgan fingerprint density at radius 1 is 1.44 bits per heavy atom. The molecule has 3 N–H and O–H groups in total. The molecule has 0 saturated heterocycles. The van der Waals surface area contributed by atoms with E-state index in [0.717, 1.165) is 0 Å². The summed E-state index contributed by atoms with van der Waals surface area (Å²) in [6, 6.07) is 3.25. The van der Waals surface area contributed by atoms with Gasteiger partial charge in [-0.1, -0.05) is 6.92 Å². The summed E-state index contributed by atoms with van der Waals surface area (Å²) in [6.45, 7) is 3.34. The molecule has 0 saturated carbocycles. The monoisotopic (exact) mass is 252 g/mol. The van der Waals surface area contributed by atoms with Crippen LogP contribution in [0.3, 0.4) is 0 Å². The summed E-state index contributed by atoms with van der Waals surface area (Å²) in [7, 11) is 0. The van der Waals surface area contributed by atoms with Crippen LogP contribution in [-0.2, 0) is 11.3 Å². The van der Waals surface area contributed by atoms with Crippen LogP contribution in [0.1, 0.15) is 12.5 Å². The number of carbonyl (C=O) groups is 1. The molecule has 0 aliphatic carbocycles. The highest BCUT2D eigenvalue weighted by molar-refractivity contribution is 5.75. The lowest BCUT2D eigenvalue weighted by atomic mass is 10.1. The SMILES string of the molecule is CCN(CC(N)=O)Cc1cc2c(cc1O)OCO2. The summed E-state index contributed by atoms with van der Waals surface area (Å²) in [5.41, 5.74) is 5.85. The maximum absolute atomic E-state index is 10.9. The van der Waals surface area contributed by atoms with Crippen LogP contribution >= 0.6 is 0 Å². The van der Waals surface area contributed by atoms with Gasteiger partial charge in [0.2, 0.25) is 12.7 Å². The minimum absolute atomic E-state index is 0.127. The van der Waals surface area contributed by atoms with Crippen LogP contribution in [0.2, 0.25) is 0 Å². The maximum Gasteiger partial charge on any atom is 0.231 e. The van der Waals surface area contributed by atoms with Crippen molar-refractivity contribution >= 4 is 5.91 Å². The zero-order valence-electron chi connectivity index (χ0n) is 10.2. The molecule has 1 aliphatic rings. The standard InChI is InChI=1S/C12H16N2O4/c1-2-14(6-12(13)16)5-8-3-10-11(4-9(8)15)18-7-17-10/h3-4,15H,2,5-7H2,1H3,(H2,13,16). The lowest BCUT2D eigenvalue weighted by molar-refractivity contribution is -0.119. The fourth-order valence-corrected chi connectivity index (χ4v) is 1.84. The van der Waals surface area contributed by atoms with E-state index in [4.69, 9.17) is 15.2 Å². The lowest BCUT2D eigenvalue weighted by Gasteiger charge is -2.19. The minimum Gasteiger partial charge on any atom is -0.507 e. The molecule has 1 aliphatic heterocycles. The number of fused-ring (bicyclic) bond motifs is 1. The second kappa shape index (κ2) is 5.14. The zero-order valence-corrected chi connectivity index (χ0v) is 10.2. The van der Waals surface area contributed by atoms with Crippen LogP contribution in [0, 0.1) is 0 Å². The smallest absolute Gasteiger partial charge is 0.231 e. The number of aromatic hydroxyl groups is 1. The number of likely N-dealkylation sites (N-methyl/N-ethyl adjacent to an activating group) is 1. The maximum atomic E-state index is 10.9. The molecule has 0 bridgehead atoms. The van der Waals surface area contributed by atoms with E-state index in [9.17, 15) is 9.90 Å². The zero-order chi connectivity index (χ0) is 13.1. The Bertz CT molecular complexity index is 462. The first kappa shape index (κ1) is 12.5. The van der Waals surface area contributed by atoms with Crippen LogP contribution < -0.4 is 15.2 Å². The first-order valence-electron chi connectivity index (χ1n) is 5.72. The molecule has 18 heavy (non-hydrogen) atoms. The van der Waals surface area contributed by atoms with E-state index in [1.807, 2.05) is 11.8 Å². The Labute approximate surface area is 105 Å². The van der Waals surface area contributed by atoms with Crippen LogP contribution in [0.25, 0.3) is 0 Å². The molecular formula is C12H16N2O4. The van der Waals surface area contributed by atoms with Gasteiger partial charge in [0.05, 0.1) is 6.54 Å². The van der Waals surface area contributed by atoms with E-state index in [-0.39, 0.29) is 19.1 Å². The lowest BCUT2D eigenvalue weighted by Crippen LogP contribution is -2.33. The number of ether oxygens (including phenoxy) is 2. The third-order valence-electron chi connectivity index (χ3n) is 2.79. The van der Waals surface area contributed by atoms with Crippen LogP contribution in [-0.4, -0.2) is 35.8 Å². The summed E-state index contributed by atoms with van der Waals surface area (Å²) < 4.78 is 10.4. The number of rotatable bonds is 5. The number of nitrogens with zero attached hydrogens (tertiary/aromatic N) is 1. The van der Waals surface area contributed by atoms with Crippen molar-refractivity contribution < 1.29 is 19.4 Å². The van der Waals surface area contributed by atoms with E-state index in [2.05, 4.69) is 0 Å². The molecule has 0 atom stereocenters. The highest BCUT2D eigenvalue weighted by Gasteiger charge is 2.18. The average Bonchev–Trinajstić information content (AvgIpc) is 2.74. The second-order valence-electron chi connectivity index (χ2n) is 4.10. The molecule has 1 aromatic carbocycles. The van der Waals surface area contributed by atoms with Crippen molar-refractivity contribution in [2.24, 2.45) is 5.73 Å². The van der Waals surface area contributed by atoms with Crippen molar-refractivity contribution in [1.82, 2.24) is 4.90 Å². The van der Waals surface area contributed by atoms with Crippen LogP contribution in [0.15, 0.2) is 12.1 Å². The Morgan fingerprint density at radius 2 is 2.11 bits per heavy atom. The van der Waals surface area contributed by atoms with Crippen molar-refractivity contribution in [3.05, 3.63) is 17.7 Å². The molecule has 0 aromatic heterocycles. The largest absolute Gasteiger partial charge is 0.507 e. The number of amides is 1. The molecule has 0 radical (unpaired) electrons. The molecule has 0 fully saturated rings. The van der Waals surface area contributed by atoms with E-state index in [0.29, 0.717) is 30.2 Å². The van der Waals surface area contributed by atoms with Crippen molar-refractivity contribution in [3.8, 4) is 17.2 Å². The van der Waals surface area contributed by atoms with E-state index in [1.54, 1.807) is 6.07 Å². The quantitative estimate of drug-likeness (QED) is 0.793. The molecular weight excluding hydrogens is 236 g/mol. The van der Waals surface area contributed by atoms with Crippen molar-refractivity contribution in [3.63, 3.8) is 0 Å². The first-order chi connectivity index (χ1) is 8.60. The summed E-state index contributed by atoms with van der Waals surface area (Å²) >= 11 is 0. The van der Waals surface area contributed by atoms with Crippen molar-refractivity contribution in [2.75, 3.05) is 19.9 Å². The number of benzene rings is 1. The first-order valence-corrected chi connectivity index (χ1v) is 5.72. The number of hydrogen-bond acceptors (Lipinski definition) is 5. The van der Waals surface area contributed by atoms with Crippen molar-refractivity contribution in [2.45, 2.75) is 13.5 Å². The van der Waals surface area contributed by atoms with Gasteiger partial charge in [-0.2, -0.15) is 0 Å². The fourth-order valence-electron chi connectivity index (χ4n) is 1.84. The Kier molecular flexibility index (Phi) is 3.57. The van der Waals surface area contributed by atoms with Gasteiger partial charge in [0.15, 0.2) is 11.5 Å². The van der Waals surface area contributed by atoms with Gasteiger partial charge >= 0.3 is 0 Å². The topological polar surface area (TPSA) is 85.0 Å². The number of nitrogens with two attached hydrogens (primary N) is 1. The van der Waals surface area contributed by atoms with Gasteiger partial charge in [-0.05, 0) is 12.6 Å². The molecule has 2 rings (SSSR count). The van der Waals surface area contributed by atoms with Gasteiger partial charge in [-0.25, -0.2) is 0 Å². The van der Waals surface area contributed by atoms with Crippen molar-refractivity contribution in [1.29, 1.82) is 0 Å². The summed E-state index contributed by atoms with van der Waals surface area (Å²) in [5, 5.41) is 9.87. The third kappa shape index (κ3) is 2.65. The van der Waals surface area contributed by atoms with Gasteiger partial charge in [-0.3, -0.25) is 9.69 Å². The summed E-state index contributed by atoms with van der Waals surface area (Å²) in [4.78, 5) is 12.7. The molecule has 98 valence electrons. The fraction of sp³-hybridized carbons (Fsp3) is 0.417. The predicted octanol–water partition coefficient (Wildman–Crippen LogP) is 0.428. The van der Waals surface area contributed by atoms with Gasteiger partial charge in [-0.15, -0.1) is 0 Å². The normalized spacial score (nSPS) is 13.0. The van der Waals surface area contributed by atoms with E-state index < -0.39 is 5.91 Å². The number of phenolic OH excluding ortho intramolecular Hbond substituents is 1. The highest BCUT2D eigenvalue weighted by atomic mass is 16.7. The second-order valence-corrected chi connectivity index (χ2v) is 4.10. The summed E-state index contributed by atoms with van der Waals surface area (Å²) in [6.07, 6.45) is 0. The Hall–Kier alpha value is -1.95. The third-order valence-corrected chi connectivity index (χ3v) is 2.79. The molecule has 0 spiro atoms. The molecule has 0 unspecified atom stereocenters. The number of primary amides is 1. The number of hydrogen-bond donors (Lipinski definition) is 2. The van der Waals surface area contributed by atoms with Gasteiger partial charge in [0, 0.05) is 18.2 Å². The van der Waals surface area contributed by atoms with Gasteiger partial charge in [0.1, 0.15) is 5.75 Å². The highest BCUT2D eigenvalue weighted by Crippen LogP contribution is 2.37. The van der Waals surface area contributed by atoms with Crippen LogP contribution in [0.5, 0.6) is 17.2 Å². The predicted molar refractivity (Wildman–Crippen MR) is 64.4 cm³/mol. The molecule has 1 amide bonds. The van der Waals surface area contributed by atoms with E-state index in [1.165, 1.54) is 6.07 Å². The molecule has 6 nitrogen and oxygen atoms in total. The Balaban J connectivity index is 2.15. The molecule has 1 aromatic rings. The Morgan fingerprint density at radius 3 is 2.72 bits per heavy atom. The number of phenols is 1. The minimum atomic E-state index is -0.392. The number of carbonyl (C=O) groups excluding carboxylic acids is 1. The summed E-state index contributed by atoms with van der Waals surface area (Å²) in [5.74, 6) is 0.881. The molecule has 1 heterocycles. The van der Waals surface area contributed by atoms with E-state index >= 15 is 0 Å².